The van der Waals surface area contributed by atoms with Crippen LogP contribution in [0.4, 0.5) is 11.4 Å². The number of unbranched alkanes of at least 4 members (excludes halogenated alkanes) is 1. The van der Waals surface area contributed by atoms with E-state index in [4.69, 9.17) is 21.1 Å². The van der Waals surface area contributed by atoms with Crippen LogP contribution in [0.15, 0.2) is 48.8 Å². The molecule has 0 saturated heterocycles. The van der Waals surface area contributed by atoms with Gasteiger partial charge in [-0.25, -0.2) is 4.98 Å². The van der Waals surface area contributed by atoms with E-state index in [0.29, 0.717) is 35.8 Å². The number of anilines is 2. The minimum absolute atomic E-state index is 0.101. The lowest BCUT2D eigenvalue weighted by Gasteiger charge is -2.25. The number of aromatic nitrogens is 4. The number of hydrogen-bond acceptors (Lipinski definition) is 7. The van der Waals surface area contributed by atoms with Gasteiger partial charge in [0.05, 0.1) is 29.7 Å². The molecule has 0 saturated carbocycles. The maximum absolute atomic E-state index is 14.3. The topological polar surface area (TPSA) is 111 Å². The van der Waals surface area contributed by atoms with Gasteiger partial charge in [0.15, 0.2) is 17.2 Å². The summed E-state index contributed by atoms with van der Waals surface area (Å²) in [5.74, 6) is -0.753. The van der Waals surface area contributed by atoms with E-state index in [2.05, 4.69) is 27.2 Å². The molecule has 2 amide bonds. The SMILES string of the molecule is CCCCC(C)Oc1nc(OCCC)c2ncn(C(C(=O)Nc3cc(C)ccc3Cl)C(=O)N3CCc4ccccc43)c2n1. The number of carbonyl (C=O) groups is 2. The van der Waals surface area contributed by atoms with Crippen molar-refractivity contribution in [3.05, 3.63) is 64.9 Å². The number of nitrogens with one attached hydrogen (secondary N) is 1. The molecular weight excluding hydrogens is 568 g/mol. The Morgan fingerprint density at radius 1 is 1.12 bits per heavy atom. The van der Waals surface area contributed by atoms with E-state index < -0.39 is 17.9 Å². The highest BCUT2D eigenvalue weighted by atomic mass is 35.5. The molecule has 1 aliphatic heterocycles. The Morgan fingerprint density at radius 2 is 1.93 bits per heavy atom. The zero-order chi connectivity index (χ0) is 30.5. The first-order valence-corrected chi connectivity index (χ1v) is 15.2. The first kappa shape index (κ1) is 30.3. The summed E-state index contributed by atoms with van der Waals surface area (Å²) in [6.07, 6.45) is 5.60. The molecule has 1 N–H and O–H groups in total. The number of nitrogens with zero attached hydrogens (tertiary/aromatic N) is 5. The van der Waals surface area contributed by atoms with Crippen LogP contribution in [0.2, 0.25) is 5.02 Å². The van der Waals surface area contributed by atoms with Crippen molar-refractivity contribution in [1.82, 2.24) is 19.5 Å². The van der Waals surface area contributed by atoms with Crippen LogP contribution in [0, 0.1) is 6.92 Å². The zero-order valence-electron chi connectivity index (χ0n) is 25.0. The second kappa shape index (κ2) is 13.4. The molecule has 10 nitrogen and oxygen atoms in total. The number of hydrogen-bond donors (Lipinski definition) is 1. The lowest BCUT2D eigenvalue weighted by atomic mass is 10.1. The van der Waals surface area contributed by atoms with Gasteiger partial charge in [-0.15, -0.1) is 0 Å². The van der Waals surface area contributed by atoms with E-state index in [0.717, 1.165) is 42.5 Å². The van der Waals surface area contributed by atoms with Crippen molar-refractivity contribution in [2.75, 3.05) is 23.4 Å². The third kappa shape index (κ3) is 6.59. The molecule has 0 fully saturated rings. The molecule has 43 heavy (non-hydrogen) atoms. The van der Waals surface area contributed by atoms with Crippen molar-refractivity contribution in [2.45, 2.75) is 71.9 Å². The molecule has 226 valence electrons. The second-order valence-electron chi connectivity index (χ2n) is 10.8. The largest absolute Gasteiger partial charge is 0.476 e. The lowest BCUT2D eigenvalue weighted by molar-refractivity contribution is -0.129. The van der Waals surface area contributed by atoms with Crippen molar-refractivity contribution >= 4 is 46.0 Å². The van der Waals surface area contributed by atoms with Crippen LogP contribution in [0.1, 0.15) is 63.6 Å². The predicted molar refractivity (Wildman–Crippen MR) is 167 cm³/mol. The number of halogens is 1. The van der Waals surface area contributed by atoms with Gasteiger partial charge in [-0.05, 0) is 62.4 Å². The number of benzene rings is 2. The van der Waals surface area contributed by atoms with Gasteiger partial charge >= 0.3 is 6.01 Å². The monoisotopic (exact) mass is 604 g/mol. The molecule has 1 aliphatic rings. The zero-order valence-corrected chi connectivity index (χ0v) is 25.7. The number of carbonyl (C=O) groups excluding carboxylic acids is 2. The Hall–Kier alpha value is -4.18. The normalized spacial score (nSPS) is 13.9. The van der Waals surface area contributed by atoms with E-state index >= 15 is 0 Å². The molecule has 0 bridgehead atoms. The van der Waals surface area contributed by atoms with E-state index in [1.807, 2.05) is 51.1 Å². The molecule has 3 heterocycles. The van der Waals surface area contributed by atoms with Crippen LogP contribution in [0.25, 0.3) is 11.2 Å². The summed E-state index contributed by atoms with van der Waals surface area (Å²) in [7, 11) is 0. The van der Waals surface area contributed by atoms with E-state index in [9.17, 15) is 9.59 Å². The average molecular weight is 605 g/mol. The van der Waals surface area contributed by atoms with Crippen molar-refractivity contribution < 1.29 is 19.1 Å². The summed E-state index contributed by atoms with van der Waals surface area (Å²) < 4.78 is 13.5. The molecule has 2 atom stereocenters. The number of amides is 2. The molecule has 2 aromatic heterocycles. The van der Waals surface area contributed by atoms with Crippen LogP contribution in [0.5, 0.6) is 11.9 Å². The summed E-state index contributed by atoms with van der Waals surface area (Å²) in [5.41, 5.74) is 3.73. The van der Waals surface area contributed by atoms with Crippen LogP contribution < -0.4 is 19.7 Å². The fraction of sp³-hybridized carbons (Fsp3) is 0.406. The van der Waals surface area contributed by atoms with Gasteiger partial charge < -0.3 is 19.7 Å². The van der Waals surface area contributed by atoms with Gasteiger partial charge in [-0.1, -0.05) is 62.6 Å². The summed E-state index contributed by atoms with van der Waals surface area (Å²) in [6, 6.07) is 11.8. The fourth-order valence-electron chi connectivity index (χ4n) is 5.15. The number of fused-ring (bicyclic) bond motifs is 2. The number of para-hydroxylation sites is 1. The smallest absolute Gasteiger partial charge is 0.322 e. The van der Waals surface area contributed by atoms with Gasteiger partial charge in [0.25, 0.3) is 11.8 Å². The average Bonchev–Trinajstić information content (AvgIpc) is 3.61. The number of ether oxygens (including phenoxy) is 2. The summed E-state index contributed by atoms with van der Waals surface area (Å²) in [4.78, 5) is 43.8. The van der Waals surface area contributed by atoms with Gasteiger partial charge in [-0.3, -0.25) is 14.2 Å². The third-order valence-corrected chi connectivity index (χ3v) is 7.71. The highest BCUT2D eigenvalue weighted by Gasteiger charge is 2.38. The number of rotatable bonds is 12. The van der Waals surface area contributed by atoms with Crippen LogP contribution in [0.3, 0.4) is 0 Å². The molecule has 11 heteroatoms. The first-order chi connectivity index (χ1) is 20.8. The Balaban J connectivity index is 1.60. The van der Waals surface area contributed by atoms with Gasteiger partial charge in [0, 0.05) is 12.2 Å². The van der Waals surface area contributed by atoms with Crippen molar-refractivity contribution in [3.63, 3.8) is 0 Å². The highest BCUT2D eigenvalue weighted by Crippen LogP contribution is 2.33. The molecule has 0 spiro atoms. The van der Waals surface area contributed by atoms with Gasteiger partial charge in [0.1, 0.15) is 0 Å². The Morgan fingerprint density at radius 3 is 2.72 bits per heavy atom. The first-order valence-electron chi connectivity index (χ1n) is 14.8. The van der Waals surface area contributed by atoms with Crippen molar-refractivity contribution in [2.24, 2.45) is 0 Å². The molecule has 4 aromatic rings. The molecule has 2 unspecified atom stereocenters. The standard InChI is InChI=1S/C32H37ClN6O4/c1-5-7-10-21(4)43-32-36-28-26(30(37-32)42-17-6-2)34-19-39(28)27(29(40)35-24-18-20(3)13-14-23(24)33)31(41)38-16-15-22-11-8-9-12-25(22)38/h8-9,11-14,18-19,21,27H,5-7,10,15-17H2,1-4H3,(H,35,40). The highest BCUT2D eigenvalue weighted by molar-refractivity contribution is 6.34. The van der Waals surface area contributed by atoms with Gasteiger partial charge in [0.2, 0.25) is 5.88 Å². The van der Waals surface area contributed by atoms with E-state index in [1.165, 1.54) is 10.9 Å². The van der Waals surface area contributed by atoms with E-state index in [1.54, 1.807) is 17.0 Å². The van der Waals surface area contributed by atoms with Crippen molar-refractivity contribution in [3.8, 4) is 11.9 Å². The van der Waals surface area contributed by atoms with Crippen LogP contribution in [-0.4, -0.2) is 50.6 Å². The lowest BCUT2D eigenvalue weighted by Crippen LogP contribution is -2.42. The molecule has 0 aliphatic carbocycles. The molecule has 2 aromatic carbocycles. The summed E-state index contributed by atoms with van der Waals surface area (Å²) in [5, 5.41) is 3.24. The quantitative estimate of drug-likeness (QED) is 0.189. The molecule has 5 rings (SSSR count). The second-order valence-corrected chi connectivity index (χ2v) is 11.2. The summed E-state index contributed by atoms with van der Waals surface area (Å²) in [6.45, 7) is 8.83. The fourth-order valence-corrected chi connectivity index (χ4v) is 5.32. The maximum atomic E-state index is 14.3. The third-order valence-electron chi connectivity index (χ3n) is 7.38. The molecule has 0 radical (unpaired) electrons. The van der Waals surface area contributed by atoms with Gasteiger partial charge in [-0.2, -0.15) is 9.97 Å². The number of aryl methyl sites for hydroxylation is 1. The van der Waals surface area contributed by atoms with Crippen molar-refractivity contribution in [1.29, 1.82) is 0 Å². The molecular formula is C32H37ClN6O4. The number of imidazole rings is 1. The van der Waals surface area contributed by atoms with E-state index in [-0.39, 0.29) is 23.6 Å². The Kier molecular flexibility index (Phi) is 9.45. The predicted octanol–water partition coefficient (Wildman–Crippen LogP) is 6.30. The Bertz CT molecular complexity index is 1620. The van der Waals surface area contributed by atoms with Crippen LogP contribution >= 0.6 is 11.6 Å². The summed E-state index contributed by atoms with van der Waals surface area (Å²) >= 11 is 6.43. The minimum atomic E-state index is -1.35. The Labute approximate surface area is 256 Å². The minimum Gasteiger partial charge on any atom is -0.476 e. The maximum Gasteiger partial charge on any atom is 0.322 e. The van der Waals surface area contributed by atoms with Crippen LogP contribution in [-0.2, 0) is 16.0 Å².